The van der Waals surface area contributed by atoms with Crippen molar-refractivity contribution in [2.45, 2.75) is 26.0 Å². The van der Waals surface area contributed by atoms with Gasteiger partial charge in [-0.25, -0.2) is 0 Å². The van der Waals surface area contributed by atoms with Gasteiger partial charge in [0.1, 0.15) is 5.75 Å². The third-order valence-electron chi connectivity index (χ3n) is 3.74. The summed E-state index contributed by atoms with van der Waals surface area (Å²) >= 11 is 3.44. The first kappa shape index (κ1) is 14.1. The topological polar surface area (TPSA) is 29.5 Å². The van der Waals surface area contributed by atoms with Gasteiger partial charge in [-0.2, -0.15) is 0 Å². The molecule has 2 atom stereocenters. The van der Waals surface area contributed by atoms with Gasteiger partial charge in [0, 0.05) is 4.47 Å². The van der Waals surface area contributed by atoms with Gasteiger partial charge in [0.25, 0.3) is 5.91 Å². The molecule has 1 amide bonds. The summed E-state index contributed by atoms with van der Waals surface area (Å²) in [5.41, 5.74) is 1.92. The Morgan fingerprint density at radius 2 is 1.90 bits per heavy atom. The minimum atomic E-state index is -0.474. The average Bonchev–Trinajstić information content (AvgIpc) is 2.49. The fraction of sp³-hybridized carbons (Fsp3) is 0.235. The number of nitrogens with zero attached hydrogens (tertiary/aromatic N) is 1. The van der Waals surface area contributed by atoms with E-state index in [2.05, 4.69) is 15.9 Å². The molecule has 0 radical (unpaired) electrons. The monoisotopic (exact) mass is 345 g/mol. The molecule has 0 spiro atoms. The third-order valence-corrected chi connectivity index (χ3v) is 4.23. The summed E-state index contributed by atoms with van der Waals surface area (Å²) in [5.74, 6) is 0.723. The molecule has 3 nitrogen and oxygen atoms in total. The summed E-state index contributed by atoms with van der Waals surface area (Å²) < 4.78 is 6.66. The van der Waals surface area contributed by atoms with E-state index in [0.717, 1.165) is 21.5 Å². The minimum absolute atomic E-state index is 0.0128. The molecule has 0 unspecified atom stereocenters. The molecule has 0 fully saturated rings. The second-order valence-corrected chi connectivity index (χ2v) is 6.08. The lowest BCUT2D eigenvalue weighted by Gasteiger charge is -2.37. The molecule has 3 rings (SSSR count). The number of hydrogen-bond donors (Lipinski definition) is 0. The number of carbonyl (C=O) groups is 1. The molecule has 0 bridgehead atoms. The summed E-state index contributed by atoms with van der Waals surface area (Å²) in [6.07, 6.45) is -0.474. The van der Waals surface area contributed by atoms with E-state index >= 15 is 0 Å². The normalized spacial score (nSPS) is 18.9. The van der Waals surface area contributed by atoms with Crippen LogP contribution in [0.5, 0.6) is 5.75 Å². The van der Waals surface area contributed by atoms with E-state index in [1.807, 2.05) is 60.4 Å². The van der Waals surface area contributed by atoms with E-state index < -0.39 is 6.10 Å². The maximum absolute atomic E-state index is 12.6. The number of carbonyl (C=O) groups excluding carboxylic acids is 1. The number of fused-ring (bicyclic) bond motifs is 1. The number of hydrogen-bond acceptors (Lipinski definition) is 2. The molecule has 1 aliphatic heterocycles. The van der Waals surface area contributed by atoms with Crippen molar-refractivity contribution in [3.8, 4) is 5.75 Å². The van der Waals surface area contributed by atoms with Crippen molar-refractivity contribution < 1.29 is 9.53 Å². The molecule has 2 aromatic carbocycles. The van der Waals surface area contributed by atoms with Crippen LogP contribution in [0.4, 0.5) is 5.69 Å². The van der Waals surface area contributed by atoms with Crippen molar-refractivity contribution in [3.05, 3.63) is 58.6 Å². The fourth-order valence-corrected chi connectivity index (χ4v) is 2.96. The summed E-state index contributed by atoms with van der Waals surface area (Å²) in [6, 6.07) is 15.7. The van der Waals surface area contributed by atoms with Crippen molar-refractivity contribution >= 4 is 27.5 Å². The number of rotatable bonds is 2. The number of amides is 1. The Morgan fingerprint density at radius 3 is 2.62 bits per heavy atom. The summed E-state index contributed by atoms with van der Waals surface area (Å²) in [6.45, 7) is 3.83. The largest absolute Gasteiger partial charge is 0.479 e. The zero-order valence-electron chi connectivity index (χ0n) is 11.9. The van der Waals surface area contributed by atoms with Gasteiger partial charge in [0.05, 0.1) is 11.7 Å². The molecule has 1 heterocycles. The van der Waals surface area contributed by atoms with E-state index in [1.165, 1.54) is 0 Å². The molecule has 0 saturated heterocycles. The van der Waals surface area contributed by atoms with Gasteiger partial charge in [-0.3, -0.25) is 9.69 Å². The number of halogens is 1. The number of benzene rings is 2. The van der Waals surface area contributed by atoms with Gasteiger partial charge >= 0.3 is 0 Å². The second kappa shape index (κ2) is 5.53. The first-order valence-corrected chi connectivity index (χ1v) is 7.71. The molecule has 0 saturated carbocycles. The van der Waals surface area contributed by atoms with Gasteiger partial charge < -0.3 is 4.74 Å². The SMILES string of the molecule is C[C@H]1Oc2cc(Br)ccc2N([C@@H](C)c2ccccc2)C1=O. The standard InChI is InChI=1S/C17H16BrNO2/c1-11(13-6-4-3-5-7-13)19-15-9-8-14(18)10-16(15)21-12(2)17(19)20/h3-12H,1-2H3/t11-,12+/m0/s1. The van der Waals surface area contributed by atoms with Crippen LogP contribution >= 0.6 is 15.9 Å². The van der Waals surface area contributed by atoms with Crippen LogP contribution in [0.3, 0.4) is 0 Å². The van der Waals surface area contributed by atoms with Crippen LogP contribution in [-0.4, -0.2) is 12.0 Å². The van der Waals surface area contributed by atoms with Crippen LogP contribution in [0.25, 0.3) is 0 Å². The first-order valence-electron chi connectivity index (χ1n) is 6.92. The van der Waals surface area contributed by atoms with Gasteiger partial charge in [-0.15, -0.1) is 0 Å². The van der Waals surface area contributed by atoms with E-state index in [9.17, 15) is 4.79 Å². The zero-order valence-corrected chi connectivity index (χ0v) is 13.5. The Kier molecular flexibility index (Phi) is 3.72. The highest BCUT2D eigenvalue weighted by Crippen LogP contribution is 2.40. The molecular formula is C17H16BrNO2. The molecule has 0 aromatic heterocycles. The highest BCUT2D eigenvalue weighted by atomic mass is 79.9. The predicted octanol–water partition coefficient (Wildman–Crippen LogP) is 4.32. The van der Waals surface area contributed by atoms with E-state index in [0.29, 0.717) is 0 Å². The Hall–Kier alpha value is -1.81. The van der Waals surface area contributed by atoms with Gasteiger partial charge in [-0.1, -0.05) is 46.3 Å². The smallest absolute Gasteiger partial charge is 0.268 e. The highest BCUT2D eigenvalue weighted by molar-refractivity contribution is 9.10. The van der Waals surface area contributed by atoms with Crippen LogP contribution in [0.2, 0.25) is 0 Å². The Labute approximate surface area is 132 Å². The lowest BCUT2D eigenvalue weighted by molar-refractivity contribution is -0.126. The molecule has 1 aliphatic rings. The lowest BCUT2D eigenvalue weighted by atomic mass is 10.0. The Bertz CT molecular complexity index is 672. The molecule has 108 valence electrons. The van der Waals surface area contributed by atoms with E-state index in [4.69, 9.17) is 4.74 Å². The van der Waals surface area contributed by atoms with E-state index in [1.54, 1.807) is 6.92 Å². The van der Waals surface area contributed by atoms with Gasteiger partial charge in [-0.05, 0) is 37.6 Å². The van der Waals surface area contributed by atoms with E-state index in [-0.39, 0.29) is 11.9 Å². The quantitative estimate of drug-likeness (QED) is 0.810. The lowest BCUT2D eigenvalue weighted by Crippen LogP contribution is -2.45. The van der Waals surface area contributed by atoms with Crippen molar-refractivity contribution in [1.82, 2.24) is 0 Å². The van der Waals surface area contributed by atoms with Crippen molar-refractivity contribution in [1.29, 1.82) is 0 Å². The predicted molar refractivity (Wildman–Crippen MR) is 86.6 cm³/mol. The zero-order chi connectivity index (χ0) is 15.0. The van der Waals surface area contributed by atoms with Crippen molar-refractivity contribution in [2.75, 3.05) is 4.90 Å². The maximum Gasteiger partial charge on any atom is 0.268 e. The van der Waals surface area contributed by atoms with Crippen LogP contribution in [0, 0.1) is 0 Å². The Balaban J connectivity index is 2.07. The summed E-state index contributed by atoms with van der Waals surface area (Å²) in [5, 5.41) is 0. The molecule has 21 heavy (non-hydrogen) atoms. The molecular weight excluding hydrogens is 330 g/mol. The van der Waals surface area contributed by atoms with Crippen LogP contribution in [-0.2, 0) is 4.79 Å². The fourth-order valence-electron chi connectivity index (χ4n) is 2.62. The number of ether oxygens (including phenoxy) is 1. The molecule has 4 heteroatoms. The van der Waals surface area contributed by atoms with Crippen molar-refractivity contribution in [2.24, 2.45) is 0 Å². The van der Waals surface area contributed by atoms with Gasteiger partial charge in [0.15, 0.2) is 6.10 Å². The highest BCUT2D eigenvalue weighted by Gasteiger charge is 2.34. The minimum Gasteiger partial charge on any atom is -0.479 e. The average molecular weight is 346 g/mol. The maximum atomic E-state index is 12.6. The summed E-state index contributed by atoms with van der Waals surface area (Å²) in [4.78, 5) is 14.4. The van der Waals surface area contributed by atoms with Gasteiger partial charge in [0.2, 0.25) is 0 Å². The van der Waals surface area contributed by atoms with Crippen LogP contribution < -0.4 is 9.64 Å². The Morgan fingerprint density at radius 1 is 1.19 bits per heavy atom. The molecule has 0 N–H and O–H groups in total. The third kappa shape index (κ3) is 2.56. The molecule has 2 aromatic rings. The number of anilines is 1. The second-order valence-electron chi connectivity index (χ2n) is 5.17. The van der Waals surface area contributed by atoms with Crippen LogP contribution in [0.1, 0.15) is 25.5 Å². The molecule has 0 aliphatic carbocycles. The summed E-state index contributed by atoms with van der Waals surface area (Å²) in [7, 11) is 0. The first-order chi connectivity index (χ1) is 10.1. The van der Waals surface area contributed by atoms with Crippen molar-refractivity contribution in [3.63, 3.8) is 0 Å². The van der Waals surface area contributed by atoms with Crippen LogP contribution in [0.15, 0.2) is 53.0 Å².